The molecule has 5 heavy (non-hydrogen) atoms. The Balaban J connectivity index is 2.54. The van der Waals surface area contributed by atoms with Crippen molar-refractivity contribution in [3.05, 3.63) is 6.67 Å². The minimum atomic E-state index is 1.50. The molecule has 0 heterocycles. The SMILES string of the molecule is CN(C)[CH]N. The van der Waals surface area contributed by atoms with E-state index >= 15 is 0 Å². The Labute approximate surface area is 32.6 Å². The Hall–Kier alpha value is -0.0800. The van der Waals surface area contributed by atoms with Gasteiger partial charge in [0.05, 0.1) is 6.67 Å². The van der Waals surface area contributed by atoms with Crippen molar-refractivity contribution in [1.82, 2.24) is 4.90 Å². The maximum Gasteiger partial charge on any atom is 0.0861 e. The second kappa shape index (κ2) is 2.18. The number of nitrogens with two attached hydrogens (primary N) is 1. The standard InChI is InChI=1S/C3H9N2/c1-5(2)3-4/h3H,4H2,1-2H3. The molecule has 0 saturated carbocycles. The minimum absolute atomic E-state index is 1.50. The zero-order valence-electron chi connectivity index (χ0n) is 3.60. The van der Waals surface area contributed by atoms with Crippen LogP contribution in [0.25, 0.3) is 0 Å². The van der Waals surface area contributed by atoms with Crippen LogP contribution < -0.4 is 5.73 Å². The first-order valence-electron chi connectivity index (χ1n) is 1.49. The summed E-state index contributed by atoms with van der Waals surface area (Å²) >= 11 is 0. The van der Waals surface area contributed by atoms with Crippen molar-refractivity contribution in [2.45, 2.75) is 0 Å². The highest BCUT2D eigenvalue weighted by molar-refractivity contribution is 4.43. The van der Waals surface area contributed by atoms with Gasteiger partial charge in [-0.15, -0.1) is 0 Å². The summed E-state index contributed by atoms with van der Waals surface area (Å²) in [6.07, 6.45) is 0. The lowest BCUT2D eigenvalue weighted by Crippen LogP contribution is -2.13. The highest BCUT2D eigenvalue weighted by Crippen LogP contribution is 1.63. The topological polar surface area (TPSA) is 29.3 Å². The van der Waals surface area contributed by atoms with Crippen LogP contribution in [-0.2, 0) is 0 Å². The Bertz CT molecular complexity index is 18.9. The molecule has 2 heteroatoms. The van der Waals surface area contributed by atoms with Gasteiger partial charge in [0.25, 0.3) is 0 Å². The van der Waals surface area contributed by atoms with Crippen LogP contribution in [0.3, 0.4) is 0 Å². The Kier molecular flexibility index (Phi) is 2.14. The van der Waals surface area contributed by atoms with Crippen LogP contribution >= 0.6 is 0 Å². The first-order valence-corrected chi connectivity index (χ1v) is 1.49. The lowest BCUT2D eigenvalue weighted by atomic mass is 10.9. The van der Waals surface area contributed by atoms with E-state index in [0.717, 1.165) is 0 Å². The first kappa shape index (κ1) is 4.92. The number of hydrogen-bond donors (Lipinski definition) is 1. The molecule has 0 saturated heterocycles. The average Bonchev–Trinajstić information content (AvgIpc) is 1.38. The van der Waals surface area contributed by atoms with E-state index in [1.165, 1.54) is 6.67 Å². The van der Waals surface area contributed by atoms with Gasteiger partial charge in [0, 0.05) is 0 Å². The molecule has 0 aliphatic heterocycles. The summed E-state index contributed by atoms with van der Waals surface area (Å²) in [6, 6.07) is 0. The van der Waals surface area contributed by atoms with Crippen molar-refractivity contribution in [2.24, 2.45) is 5.73 Å². The van der Waals surface area contributed by atoms with Gasteiger partial charge in [-0.3, -0.25) is 4.90 Å². The Morgan fingerprint density at radius 3 is 1.80 bits per heavy atom. The second-order valence-corrected chi connectivity index (χ2v) is 1.11. The molecule has 0 aliphatic rings. The third kappa shape index (κ3) is 3.92. The summed E-state index contributed by atoms with van der Waals surface area (Å²) < 4.78 is 0. The molecule has 0 aromatic carbocycles. The molecule has 0 fully saturated rings. The van der Waals surface area contributed by atoms with E-state index in [2.05, 4.69) is 0 Å². The van der Waals surface area contributed by atoms with E-state index in [9.17, 15) is 0 Å². The van der Waals surface area contributed by atoms with Gasteiger partial charge in [0.15, 0.2) is 0 Å². The van der Waals surface area contributed by atoms with Crippen LogP contribution in [0.4, 0.5) is 0 Å². The molecule has 2 nitrogen and oxygen atoms in total. The molecule has 2 N–H and O–H groups in total. The summed E-state index contributed by atoms with van der Waals surface area (Å²) in [7, 11) is 3.75. The number of hydrogen-bond acceptors (Lipinski definition) is 2. The fourth-order valence-electron chi connectivity index (χ4n) is 0. The van der Waals surface area contributed by atoms with Gasteiger partial charge in [-0.05, 0) is 14.1 Å². The predicted molar refractivity (Wildman–Crippen MR) is 22.2 cm³/mol. The van der Waals surface area contributed by atoms with E-state index in [1.807, 2.05) is 14.1 Å². The lowest BCUT2D eigenvalue weighted by Gasteiger charge is -1.98. The zero-order chi connectivity index (χ0) is 4.28. The lowest BCUT2D eigenvalue weighted by molar-refractivity contribution is 0.496. The summed E-state index contributed by atoms with van der Waals surface area (Å²) in [5.74, 6) is 0. The van der Waals surface area contributed by atoms with E-state index in [-0.39, 0.29) is 0 Å². The van der Waals surface area contributed by atoms with Crippen LogP contribution in [0, 0.1) is 6.67 Å². The van der Waals surface area contributed by atoms with Gasteiger partial charge in [-0.25, -0.2) is 0 Å². The van der Waals surface area contributed by atoms with Crippen LogP contribution in [0.5, 0.6) is 0 Å². The Morgan fingerprint density at radius 2 is 1.80 bits per heavy atom. The van der Waals surface area contributed by atoms with Crippen molar-refractivity contribution >= 4 is 0 Å². The summed E-state index contributed by atoms with van der Waals surface area (Å²) in [4.78, 5) is 1.78. The predicted octanol–water partition coefficient (Wildman–Crippen LogP) is -0.374. The van der Waals surface area contributed by atoms with Gasteiger partial charge in [-0.1, -0.05) is 0 Å². The van der Waals surface area contributed by atoms with Crippen LogP contribution in [0.15, 0.2) is 0 Å². The maximum absolute atomic E-state index is 4.97. The van der Waals surface area contributed by atoms with E-state index in [0.29, 0.717) is 0 Å². The molecule has 0 atom stereocenters. The number of rotatable bonds is 1. The monoisotopic (exact) mass is 73.1 g/mol. The van der Waals surface area contributed by atoms with Gasteiger partial charge in [-0.2, -0.15) is 0 Å². The third-order valence-corrected chi connectivity index (χ3v) is 0.298. The Morgan fingerprint density at radius 1 is 1.60 bits per heavy atom. The number of nitrogens with zero attached hydrogens (tertiary/aromatic N) is 1. The van der Waals surface area contributed by atoms with Crippen molar-refractivity contribution in [2.75, 3.05) is 14.1 Å². The second-order valence-electron chi connectivity index (χ2n) is 1.11. The first-order chi connectivity index (χ1) is 2.27. The largest absolute Gasteiger partial charge is 0.313 e. The minimum Gasteiger partial charge on any atom is -0.313 e. The van der Waals surface area contributed by atoms with Crippen molar-refractivity contribution < 1.29 is 0 Å². The average molecular weight is 73.1 g/mol. The molecule has 0 unspecified atom stereocenters. The molecule has 1 radical (unpaired) electrons. The highest BCUT2D eigenvalue weighted by atomic mass is 15.1. The molecular formula is C3H9N2. The summed E-state index contributed by atoms with van der Waals surface area (Å²) in [5.41, 5.74) is 4.97. The van der Waals surface area contributed by atoms with Crippen LogP contribution in [0.2, 0.25) is 0 Å². The van der Waals surface area contributed by atoms with E-state index in [4.69, 9.17) is 5.73 Å². The fraction of sp³-hybridized carbons (Fsp3) is 0.667. The van der Waals surface area contributed by atoms with Crippen molar-refractivity contribution in [3.8, 4) is 0 Å². The smallest absolute Gasteiger partial charge is 0.0861 e. The molecule has 31 valence electrons. The van der Waals surface area contributed by atoms with Gasteiger partial charge in [0.1, 0.15) is 0 Å². The molecule has 0 rings (SSSR count). The molecule has 0 amide bonds. The molecule has 0 aromatic heterocycles. The van der Waals surface area contributed by atoms with Gasteiger partial charge < -0.3 is 5.73 Å². The summed E-state index contributed by atoms with van der Waals surface area (Å²) in [6.45, 7) is 1.50. The fourth-order valence-corrected chi connectivity index (χ4v) is 0. The highest BCUT2D eigenvalue weighted by Gasteiger charge is 1.73. The van der Waals surface area contributed by atoms with E-state index in [1.54, 1.807) is 4.90 Å². The van der Waals surface area contributed by atoms with Crippen molar-refractivity contribution in [1.29, 1.82) is 0 Å². The molecule has 0 bridgehead atoms. The van der Waals surface area contributed by atoms with Crippen LogP contribution in [-0.4, -0.2) is 19.0 Å². The quantitative estimate of drug-likeness (QED) is 0.458. The molecule has 0 aromatic rings. The third-order valence-electron chi connectivity index (χ3n) is 0.298. The van der Waals surface area contributed by atoms with Gasteiger partial charge >= 0.3 is 0 Å². The maximum atomic E-state index is 4.97. The molecule has 0 spiro atoms. The zero-order valence-corrected chi connectivity index (χ0v) is 3.60. The van der Waals surface area contributed by atoms with Gasteiger partial charge in [0.2, 0.25) is 0 Å². The molecule has 0 aliphatic carbocycles. The van der Waals surface area contributed by atoms with Crippen LogP contribution in [0.1, 0.15) is 0 Å². The van der Waals surface area contributed by atoms with E-state index < -0.39 is 0 Å². The normalized spacial score (nSPS) is 9.60. The molecular weight excluding hydrogens is 64.0 g/mol. The van der Waals surface area contributed by atoms with Crippen molar-refractivity contribution in [3.63, 3.8) is 0 Å². The summed E-state index contributed by atoms with van der Waals surface area (Å²) in [5, 5.41) is 0.